The van der Waals surface area contributed by atoms with E-state index in [1.54, 1.807) is 30.3 Å². The predicted octanol–water partition coefficient (Wildman–Crippen LogP) is 3.13. The van der Waals surface area contributed by atoms with Gasteiger partial charge >= 0.3 is 0 Å². The van der Waals surface area contributed by atoms with Crippen molar-refractivity contribution in [2.45, 2.75) is 20.3 Å². The second-order valence-corrected chi connectivity index (χ2v) is 4.13. The van der Waals surface area contributed by atoms with Gasteiger partial charge < -0.3 is 10.1 Å². The molecule has 0 fully saturated rings. The van der Waals surface area contributed by atoms with Crippen LogP contribution in [0.4, 0.5) is 5.82 Å². The molecule has 1 aromatic carbocycles. The van der Waals surface area contributed by atoms with Crippen LogP contribution in [0.3, 0.4) is 0 Å². The summed E-state index contributed by atoms with van der Waals surface area (Å²) in [6.45, 7) is 4.78. The summed E-state index contributed by atoms with van der Waals surface area (Å²) in [7, 11) is 0. The summed E-state index contributed by atoms with van der Waals surface area (Å²) in [6.07, 6.45) is 0.730. The SMILES string of the molecule is CCNc1cc(Oc2cccc(C#N)c2)nc(CC)n1. The van der Waals surface area contributed by atoms with Crippen molar-refractivity contribution in [2.24, 2.45) is 0 Å². The Bertz CT molecular complexity index is 634. The lowest BCUT2D eigenvalue weighted by atomic mass is 10.2. The average molecular weight is 268 g/mol. The first kappa shape index (κ1) is 13.8. The van der Waals surface area contributed by atoms with Gasteiger partial charge in [0.05, 0.1) is 11.6 Å². The van der Waals surface area contributed by atoms with Gasteiger partial charge in [0.25, 0.3) is 0 Å². The summed E-state index contributed by atoms with van der Waals surface area (Å²) in [5, 5.41) is 12.0. The lowest BCUT2D eigenvalue weighted by Crippen LogP contribution is -2.04. The zero-order valence-electron chi connectivity index (χ0n) is 11.6. The molecule has 2 rings (SSSR count). The van der Waals surface area contributed by atoms with E-state index >= 15 is 0 Å². The number of aromatic nitrogens is 2. The van der Waals surface area contributed by atoms with Crippen molar-refractivity contribution in [1.29, 1.82) is 5.26 Å². The Morgan fingerprint density at radius 3 is 2.80 bits per heavy atom. The lowest BCUT2D eigenvalue weighted by Gasteiger charge is -2.09. The van der Waals surface area contributed by atoms with Gasteiger partial charge in [0.2, 0.25) is 5.88 Å². The molecule has 5 heteroatoms. The smallest absolute Gasteiger partial charge is 0.224 e. The van der Waals surface area contributed by atoms with Crippen molar-refractivity contribution in [3.63, 3.8) is 0 Å². The first-order valence-electron chi connectivity index (χ1n) is 6.55. The van der Waals surface area contributed by atoms with E-state index in [1.165, 1.54) is 0 Å². The zero-order valence-corrected chi connectivity index (χ0v) is 11.6. The molecule has 0 aliphatic rings. The van der Waals surface area contributed by atoms with Crippen LogP contribution in [0, 0.1) is 11.3 Å². The van der Waals surface area contributed by atoms with E-state index in [4.69, 9.17) is 10.00 Å². The number of aryl methyl sites for hydroxylation is 1. The minimum atomic E-state index is 0.475. The summed E-state index contributed by atoms with van der Waals surface area (Å²) >= 11 is 0. The molecule has 102 valence electrons. The molecule has 0 amide bonds. The molecule has 1 aromatic heterocycles. The summed E-state index contributed by atoms with van der Waals surface area (Å²) in [5.74, 6) is 2.52. The van der Waals surface area contributed by atoms with Crippen molar-refractivity contribution in [1.82, 2.24) is 9.97 Å². The molecule has 20 heavy (non-hydrogen) atoms. The number of anilines is 1. The third-order valence-corrected chi connectivity index (χ3v) is 2.61. The maximum atomic E-state index is 8.88. The number of hydrogen-bond acceptors (Lipinski definition) is 5. The van der Waals surface area contributed by atoms with E-state index in [0.717, 1.165) is 24.6 Å². The standard InChI is InChI=1S/C15H16N4O/c1-3-13-18-14(17-4-2)9-15(19-13)20-12-7-5-6-11(8-12)10-16/h5-9H,3-4H2,1-2H3,(H,17,18,19). The minimum Gasteiger partial charge on any atom is -0.439 e. The van der Waals surface area contributed by atoms with Crippen LogP contribution in [0.1, 0.15) is 25.2 Å². The minimum absolute atomic E-state index is 0.475. The number of rotatable bonds is 5. The maximum absolute atomic E-state index is 8.88. The summed E-state index contributed by atoms with van der Waals surface area (Å²) in [4.78, 5) is 8.69. The number of ether oxygens (including phenoxy) is 1. The fourth-order valence-corrected chi connectivity index (χ4v) is 1.70. The van der Waals surface area contributed by atoms with Gasteiger partial charge in [0.1, 0.15) is 17.4 Å². The van der Waals surface area contributed by atoms with Crippen LogP contribution in [0.2, 0.25) is 0 Å². The van der Waals surface area contributed by atoms with E-state index in [-0.39, 0.29) is 0 Å². The van der Waals surface area contributed by atoms with E-state index in [2.05, 4.69) is 21.4 Å². The van der Waals surface area contributed by atoms with Crippen LogP contribution in [0.5, 0.6) is 11.6 Å². The van der Waals surface area contributed by atoms with Crippen molar-refractivity contribution >= 4 is 5.82 Å². The number of hydrogen-bond donors (Lipinski definition) is 1. The molecular weight excluding hydrogens is 252 g/mol. The van der Waals surface area contributed by atoms with Crippen LogP contribution in [-0.4, -0.2) is 16.5 Å². The van der Waals surface area contributed by atoms with Crippen LogP contribution in [0.25, 0.3) is 0 Å². The third-order valence-electron chi connectivity index (χ3n) is 2.61. The second kappa shape index (κ2) is 6.53. The highest BCUT2D eigenvalue weighted by Gasteiger charge is 2.05. The van der Waals surface area contributed by atoms with Crippen LogP contribution >= 0.6 is 0 Å². The molecule has 0 bridgehead atoms. The zero-order chi connectivity index (χ0) is 14.4. The van der Waals surface area contributed by atoms with E-state index < -0.39 is 0 Å². The van der Waals surface area contributed by atoms with Crippen molar-refractivity contribution in [3.8, 4) is 17.7 Å². The normalized spacial score (nSPS) is 9.85. The average Bonchev–Trinajstić information content (AvgIpc) is 2.47. The molecule has 0 aliphatic heterocycles. The molecule has 0 unspecified atom stereocenters. The second-order valence-electron chi connectivity index (χ2n) is 4.13. The maximum Gasteiger partial charge on any atom is 0.224 e. The molecule has 1 heterocycles. The molecule has 2 aromatic rings. The molecule has 0 radical (unpaired) electrons. The van der Waals surface area contributed by atoms with Crippen molar-refractivity contribution in [3.05, 3.63) is 41.7 Å². The largest absolute Gasteiger partial charge is 0.439 e. The number of nitriles is 1. The molecule has 0 atom stereocenters. The summed E-state index contributed by atoms with van der Waals surface area (Å²) in [5.41, 5.74) is 0.555. The molecule has 0 saturated heterocycles. The monoisotopic (exact) mass is 268 g/mol. The summed E-state index contributed by atoms with van der Waals surface area (Å²) in [6, 6.07) is 10.8. The highest BCUT2D eigenvalue weighted by molar-refractivity contribution is 5.42. The molecule has 1 N–H and O–H groups in total. The fraction of sp³-hybridized carbons (Fsp3) is 0.267. The highest BCUT2D eigenvalue weighted by atomic mass is 16.5. The Balaban J connectivity index is 2.27. The topological polar surface area (TPSA) is 70.8 Å². The Labute approximate surface area is 118 Å². The van der Waals surface area contributed by atoms with Gasteiger partial charge in [0.15, 0.2) is 0 Å². The van der Waals surface area contributed by atoms with Crippen LogP contribution in [-0.2, 0) is 6.42 Å². The molecular formula is C15H16N4O. The fourth-order valence-electron chi connectivity index (χ4n) is 1.70. The third kappa shape index (κ3) is 3.45. The highest BCUT2D eigenvalue weighted by Crippen LogP contribution is 2.22. The van der Waals surface area contributed by atoms with Crippen molar-refractivity contribution in [2.75, 3.05) is 11.9 Å². The Morgan fingerprint density at radius 1 is 1.25 bits per heavy atom. The van der Waals surface area contributed by atoms with Crippen molar-refractivity contribution < 1.29 is 4.74 Å². The molecule has 0 saturated carbocycles. The van der Waals surface area contributed by atoms with E-state index in [0.29, 0.717) is 17.2 Å². The predicted molar refractivity (Wildman–Crippen MR) is 76.8 cm³/mol. The van der Waals surface area contributed by atoms with Crippen LogP contribution < -0.4 is 10.1 Å². The molecule has 0 spiro atoms. The van der Waals surface area contributed by atoms with Gasteiger partial charge in [-0.2, -0.15) is 10.2 Å². The first-order chi connectivity index (χ1) is 9.75. The van der Waals surface area contributed by atoms with Crippen LogP contribution in [0.15, 0.2) is 30.3 Å². The van der Waals surface area contributed by atoms with Gasteiger partial charge in [-0.1, -0.05) is 13.0 Å². The van der Waals surface area contributed by atoms with Gasteiger partial charge in [-0.15, -0.1) is 0 Å². The Morgan fingerprint density at radius 2 is 2.10 bits per heavy atom. The number of nitrogens with zero attached hydrogens (tertiary/aromatic N) is 3. The van der Waals surface area contributed by atoms with Gasteiger partial charge in [-0.05, 0) is 25.1 Å². The summed E-state index contributed by atoms with van der Waals surface area (Å²) < 4.78 is 5.71. The Kier molecular flexibility index (Phi) is 4.51. The van der Waals surface area contributed by atoms with Gasteiger partial charge in [-0.3, -0.25) is 0 Å². The number of nitrogens with one attached hydrogen (secondary N) is 1. The van der Waals surface area contributed by atoms with Gasteiger partial charge in [-0.25, -0.2) is 4.98 Å². The van der Waals surface area contributed by atoms with Gasteiger partial charge in [0, 0.05) is 19.0 Å². The quantitative estimate of drug-likeness (QED) is 0.902. The Hall–Kier alpha value is -2.61. The molecule has 0 aliphatic carbocycles. The lowest BCUT2D eigenvalue weighted by molar-refractivity contribution is 0.459. The first-order valence-corrected chi connectivity index (χ1v) is 6.55. The number of benzene rings is 1. The van der Waals surface area contributed by atoms with E-state index in [9.17, 15) is 0 Å². The van der Waals surface area contributed by atoms with E-state index in [1.807, 2.05) is 13.8 Å². The molecule has 5 nitrogen and oxygen atoms in total.